The van der Waals surface area contributed by atoms with Gasteiger partial charge in [-0.3, -0.25) is 0 Å². The molecule has 2 heteroatoms. The molecule has 0 atom stereocenters. The van der Waals surface area contributed by atoms with Gasteiger partial charge in [0, 0.05) is 33.5 Å². The molecule has 10 aromatic rings. The maximum Gasteiger partial charge on any atom is 0.0541 e. The van der Waals surface area contributed by atoms with Crippen LogP contribution in [-0.2, 0) is 0 Å². The normalized spacial score (nSPS) is 11.3. The fraction of sp³-hybridized carbons (Fsp3) is 0. The van der Waals surface area contributed by atoms with Crippen molar-refractivity contribution < 1.29 is 0 Å². The van der Waals surface area contributed by atoms with Crippen molar-refractivity contribution in [1.29, 1.82) is 0 Å². The molecule has 9 aromatic carbocycles. The molecule has 0 aliphatic carbocycles. The molecule has 2 nitrogen and oxygen atoms in total. The van der Waals surface area contributed by atoms with Crippen molar-refractivity contribution in [1.82, 2.24) is 4.57 Å². The molecular weight excluding hydrogens is 653 g/mol. The predicted molar refractivity (Wildman–Crippen MR) is 229 cm³/mol. The fourth-order valence-corrected chi connectivity index (χ4v) is 7.87. The van der Waals surface area contributed by atoms with Crippen molar-refractivity contribution >= 4 is 49.6 Å². The quantitative estimate of drug-likeness (QED) is 0.162. The molecule has 0 fully saturated rings. The van der Waals surface area contributed by atoms with Crippen LogP contribution in [0.2, 0.25) is 0 Å². The van der Waals surface area contributed by atoms with Crippen molar-refractivity contribution in [2.75, 3.05) is 4.90 Å². The molecule has 54 heavy (non-hydrogen) atoms. The van der Waals surface area contributed by atoms with Gasteiger partial charge in [-0.25, -0.2) is 0 Å². The van der Waals surface area contributed by atoms with Crippen LogP contribution in [0, 0.1) is 0 Å². The molecule has 0 amide bonds. The third-order valence-corrected chi connectivity index (χ3v) is 10.6. The lowest BCUT2D eigenvalue weighted by atomic mass is 9.99. The Kier molecular flexibility index (Phi) is 7.85. The van der Waals surface area contributed by atoms with E-state index in [0.717, 1.165) is 17.1 Å². The molecule has 0 aliphatic heterocycles. The lowest BCUT2D eigenvalue weighted by molar-refractivity contribution is 1.18. The SMILES string of the molecule is c1ccc(-c2ccc(-c3ccc(N(c4ccccc4)c4ccc5cc(-c6ccc7c(c6)c6ccccc6n7-c6ccccc6)ccc5c4)cc3)cc2)cc1. The number of fused-ring (bicyclic) bond motifs is 4. The summed E-state index contributed by atoms with van der Waals surface area (Å²) in [5, 5.41) is 4.94. The summed E-state index contributed by atoms with van der Waals surface area (Å²) in [7, 11) is 0. The summed E-state index contributed by atoms with van der Waals surface area (Å²) in [4.78, 5) is 2.34. The highest BCUT2D eigenvalue weighted by molar-refractivity contribution is 6.10. The minimum Gasteiger partial charge on any atom is -0.310 e. The molecule has 0 radical (unpaired) electrons. The number of benzene rings is 9. The molecule has 0 aliphatic rings. The number of nitrogens with zero attached hydrogens (tertiary/aromatic N) is 2. The molecule has 0 saturated carbocycles. The first-order chi connectivity index (χ1) is 26.8. The molecular formula is C52H36N2. The van der Waals surface area contributed by atoms with Gasteiger partial charge in [0.05, 0.1) is 11.0 Å². The molecule has 10 rings (SSSR count). The van der Waals surface area contributed by atoms with Gasteiger partial charge >= 0.3 is 0 Å². The highest BCUT2D eigenvalue weighted by Gasteiger charge is 2.15. The number of hydrogen-bond acceptors (Lipinski definition) is 1. The Labute approximate surface area is 315 Å². The Morgan fingerprint density at radius 2 is 0.741 bits per heavy atom. The van der Waals surface area contributed by atoms with Crippen LogP contribution >= 0.6 is 0 Å². The van der Waals surface area contributed by atoms with Gasteiger partial charge in [-0.05, 0) is 117 Å². The summed E-state index contributed by atoms with van der Waals surface area (Å²) in [6.07, 6.45) is 0. The minimum atomic E-state index is 1.12. The van der Waals surface area contributed by atoms with Gasteiger partial charge in [0.2, 0.25) is 0 Å². The van der Waals surface area contributed by atoms with E-state index in [0.29, 0.717) is 0 Å². The zero-order valence-electron chi connectivity index (χ0n) is 29.7. The fourth-order valence-electron chi connectivity index (χ4n) is 7.87. The van der Waals surface area contributed by atoms with Crippen LogP contribution in [0.5, 0.6) is 0 Å². The van der Waals surface area contributed by atoms with E-state index in [9.17, 15) is 0 Å². The van der Waals surface area contributed by atoms with E-state index in [4.69, 9.17) is 0 Å². The molecule has 0 unspecified atom stereocenters. The van der Waals surface area contributed by atoms with Gasteiger partial charge in [-0.2, -0.15) is 0 Å². The van der Waals surface area contributed by atoms with Crippen LogP contribution in [0.3, 0.4) is 0 Å². The molecule has 1 heterocycles. The van der Waals surface area contributed by atoms with E-state index in [-0.39, 0.29) is 0 Å². The molecule has 254 valence electrons. The smallest absolute Gasteiger partial charge is 0.0541 e. The highest BCUT2D eigenvalue weighted by atomic mass is 15.1. The van der Waals surface area contributed by atoms with Gasteiger partial charge in [-0.15, -0.1) is 0 Å². The largest absolute Gasteiger partial charge is 0.310 e. The van der Waals surface area contributed by atoms with Crippen LogP contribution in [0.4, 0.5) is 17.1 Å². The molecule has 0 saturated heterocycles. The van der Waals surface area contributed by atoms with E-state index in [1.807, 2.05) is 0 Å². The van der Waals surface area contributed by atoms with Gasteiger partial charge in [0.15, 0.2) is 0 Å². The maximum absolute atomic E-state index is 2.37. The van der Waals surface area contributed by atoms with E-state index < -0.39 is 0 Å². The Morgan fingerprint density at radius 3 is 1.46 bits per heavy atom. The van der Waals surface area contributed by atoms with Crippen LogP contribution < -0.4 is 4.90 Å². The second-order valence-corrected chi connectivity index (χ2v) is 13.8. The number of aromatic nitrogens is 1. The zero-order chi connectivity index (χ0) is 35.8. The van der Waals surface area contributed by atoms with Crippen LogP contribution in [0.25, 0.3) is 71.6 Å². The lowest BCUT2D eigenvalue weighted by Crippen LogP contribution is -2.09. The average molecular weight is 689 g/mol. The number of rotatable bonds is 7. The van der Waals surface area contributed by atoms with Crippen molar-refractivity contribution in [3.8, 4) is 39.1 Å². The zero-order valence-corrected chi connectivity index (χ0v) is 29.7. The topological polar surface area (TPSA) is 8.17 Å². The van der Waals surface area contributed by atoms with Crippen LogP contribution in [-0.4, -0.2) is 4.57 Å². The van der Waals surface area contributed by atoms with Crippen molar-refractivity contribution in [3.05, 3.63) is 218 Å². The van der Waals surface area contributed by atoms with E-state index in [2.05, 4.69) is 228 Å². The Bertz CT molecular complexity index is 2890. The van der Waals surface area contributed by atoms with Gasteiger partial charge in [-0.1, -0.05) is 146 Å². The van der Waals surface area contributed by atoms with Gasteiger partial charge in [0.25, 0.3) is 0 Å². The molecule has 1 aromatic heterocycles. The minimum absolute atomic E-state index is 1.12. The summed E-state index contributed by atoms with van der Waals surface area (Å²) in [6.45, 7) is 0. The Balaban J connectivity index is 0.984. The summed E-state index contributed by atoms with van der Waals surface area (Å²) < 4.78 is 2.37. The highest BCUT2D eigenvalue weighted by Crippen LogP contribution is 2.39. The summed E-state index contributed by atoms with van der Waals surface area (Å²) in [6, 6.07) is 78.8. The lowest BCUT2D eigenvalue weighted by Gasteiger charge is -2.26. The maximum atomic E-state index is 2.37. The first-order valence-corrected chi connectivity index (χ1v) is 18.5. The second kappa shape index (κ2) is 13.4. The molecule has 0 bridgehead atoms. The summed E-state index contributed by atoms with van der Waals surface area (Å²) in [5.74, 6) is 0. The predicted octanol–water partition coefficient (Wildman–Crippen LogP) is 14.4. The van der Waals surface area contributed by atoms with Gasteiger partial charge in [0.1, 0.15) is 0 Å². The second-order valence-electron chi connectivity index (χ2n) is 13.8. The van der Waals surface area contributed by atoms with E-state index in [1.54, 1.807) is 0 Å². The van der Waals surface area contributed by atoms with Crippen molar-refractivity contribution in [2.24, 2.45) is 0 Å². The molecule has 0 spiro atoms. The van der Waals surface area contributed by atoms with E-state index in [1.165, 1.54) is 71.6 Å². The summed E-state index contributed by atoms with van der Waals surface area (Å²) in [5.41, 5.74) is 14.2. The third-order valence-electron chi connectivity index (χ3n) is 10.6. The van der Waals surface area contributed by atoms with Crippen molar-refractivity contribution in [2.45, 2.75) is 0 Å². The van der Waals surface area contributed by atoms with Crippen LogP contribution in [0.1, 0.15) is 0 Å². The first-order valence-electron chi connectivity index (χ1n) is 18.5. The first kappa shape index (κ1) is 31.6. The van der Waals surface area contributed by atoms with E-state index >= 15 is 0 Å². The third kappa shape index (κ3) is 5.71. The van der Waals surface area contributed by atoms with Crippen molar-refractivity contribution in [3.63, 3.8) is 0 Å². The summed E-state index contributed by atoms with van der Waals surface area (Å²) >= 11 is 0. The number of para-hydroxylation sites is 3. The van der Waals surface area contributed by atoms with Crippen LogP contribution in [0.15, 0.2) is 218 Å². The monoisotopic (exact) mass is 688 g/mol. The number of hydrogen-bond donors (Lipinski definition) is 0. The average Bonchev–Trinajstić information content (AvgIpc) is 3.59. The van der Waals surface area contributed by atoms with Gasteiger partial charge < -0.3 is 9.47 Å². The Morgan fingerprint density at radius 1 is 0.278 bits per heavy atom. The number of anilines is 3. The Hall–Kier alpha value is -7.16. The standard InChI is InChI=1S/C52H36N2/c1-4-12-37(13-5-1)38-20-22-39(23-21-38)40-26-30-47(31-27-40)53(45-14-6-2-7-15-45)48-32-28-42-34-41(24-25-43(42)35-48)44-29-33-52-50(36-44)49-18-10-11-19-51(49)54(52)46-16-8-3-9-17-46/h1-36H. The molecule has 0 N–H and O–H groups in total.